The number of anilines is 3. The van der Waals surface area contributed by atoms with Gasteiger partial charge in [-0.2, -0.15) is 11.8 Å². The minimum atomic E-state index is -1.45. The van der Waals surface area contributed by atoms with Gasteiger partial charge in [0.05, 0.1) is 17.4 Å². The first-order valence-corrected chi connectivity index (χ1v) is 13.0. The molecule has 6 nitrogen and oxygen atoms in total. The third-order valence-corrected chi connectivity index (χ3v) is 8.36. The second-order valence-electron chi connectivity index (χ2n) is 8.94. The summed E-state index contributed by atoms with van der Waals surface area (Å²) in [5, 5.41) is 0.616. The van der Waals surface area contributed by atoms with E-state index >= 15 is 0 Å². The molecule has 3 aromatic rings. The largest absolute Gasteiger partial charge is 0.365 e. The third-order valence-electron chi connectivity index (χ3n) is 7.10. The molecule has 0 saturated carbocycles. The number of imide groups is 2. The molecule has 2 saturated heterocycles. The van der Waals surface area contributed by atoms with Gasteiger partial charge >= 0.3 is 6.03 Å². The Morgan fingerprint density at radius 2 is 1.43 bits per heavy atom. The summed E-state index contributed by atoms with van der Waals surface area (Å²) in [6, 6.07) is 22.3. The topological polar surface area (TPSA) is 60.9 Å². The zero-order chi connectivity index (χ0) is 24.2. The number of carbonyl (C=O) groups excluding carboxylic acids is 3. The number of para-hydroxylation sites is 2. The van der Waals surface area contributed by atoms with Gasteiger partial charge in [-0.15, -0.1) is 0 Å². The summed E-state index contributed by atoms with van der Waals surface area (Å²) in [7, 11) is 0. The monoisotopic (exact) mass is 503 g/mol. The molecule has 3 heterocycles. The van der Waals surface area contributed by atoms with Crippen LogP contribution < -0.4 is 14.7 Å². The number of rotatable bonds is 2. The highest BCUT2D eigenvalue weighted by Gasteiger charge is 2.65. The number of amides is 4. The smallest absolute Gasteiger partial charge is 0.342 e. The van der Waals surface area contributed by atoms with Crippen LogP contribution in [0.2, 0.25) is 5.02 Å². The van der Waals surface area contributed by atoms with Crippen molar-refractivity contribution in [2.45, 2.75) is 12.5 Å². The van der Waals surface area contributed by atoms with Gasteiger partial charge < -0.3 is 4.90 Å². The average molecular weight is 504 g/mol. The zero-order valence-electron chi connectivity index (χ0n) is 18.8. The van der Waals surface area contributed by atoms with Crippen LogP contribution in [0.1, 0.15) is 5.56 Å². The van der Waals surface area contributed by atoms with Crippen molar-refractivity contribution in [3.05, 3.63) is 89.4 Å². The Kier molecular flexibility index (Phi) is 5.34. The van der Waals surface area contributed by atoms with E-state index < -0.39 is 29.3 Å². The van der Waals surface area contributed by atoms with E-state index in [0.29, 0.717) is 28.7 Å². The van der Waals surface area contributed by atoms with Crippen LogP contribution in [0.5, 0.6) is 0 Å². The number of fused-ring (bicyclic) bond motifs is 4. The molecule has 176 valence electrons. The highest BCUT2D eigenvalue weighted by Crippen LogP contribution is 2.50. The maximum absolute atomic E-state index is 14.4. The molecule has 8 heteroatoms. The average Bonchev–Trinajstić information content (AvgIpc) is 2.89. The van der Waals surface area contributed by atoms with E-state index in [1.54, 1.807) is 66.4 Å². The molecule has 6 rings (SSSR count). The molecule has 0 aliphatic carbocycles. The van der Waals surface area contributed by atoms with Gasteiger partial charge in [-0.1, -0.05) is 54.1 Å². The van der Waals surface area contributed by atoms with E-state index in [2.05, 4.69) is 4.90 Å². The lowest BCUT2D eigenvalue weighted by Gasteiger charge is -2.55. The quantitative estimate of drug-likeness (QED) is 0.460. The third kappa shape index (κ3) is 3.29. The van der Waals surface area contributed by atoms with Gasteiger partial charge in [0.2, 0.25) is 0 Å². The molecule has 3 aliphatic heterocycles. The highest BCUT2D eigenvalue weighted by molar-refractivity contribution is 7.99. The van der Waals surface area contributed by atoms with Crippen molar-refractivity contribution in [2.24, 2.45) is 5.41 Å². The predicted molar refractivity (Wildman–Crippen MR) is 139 cm³/mol. The van der Waals surface area contributed by atoms with Crippen molar-refractivity contribution in [2.75, 3.05) is 32.8 Å². The molecule has 0 N–H and O–H groups in total. The summed E-state index contributed by atoms with van der Waals surface area (Å²) in [6.45, 7) is 0.690. The second kappa shape index (κ2) is 8.43. The number of hydrogen-bond donors (Lipinski definition) is 0. The van der Waals surface area contributed by atoms with E-state index in [1.807, 2.05) is 24.3 Å². The molecule has 1 spiro atoms. The lowest BCUT2D eigenvalue weighted by Crippen LogP contribution is -2.74. The van der Waals surface area contributed by atoms with Crippen LogP contribution in [-0.4, -0.2) is 41.9 Å². The number of hydrogen-bond acceptors (Lipinski definition) is 5. The molecule has 1 unspecified atom stereocenters. The van der Waals surface area contributed by atoms with Crippen LogP contribution in [0.3, 0.4) is 0 Å². The van der Waals surface area contributed by atoms with Gasteiger partial charge in [0.15, 0.2) is 5.41 Å². The Morgan fingerprint density at radius 1 is 0.829 bits per heavy atom. The fourth-order valence-electron chi connectivity index (χ4n) is 5.48. The van der Waals surface area contributed by atoms with Gasteiger partial charge in [0, 0.05) is 28.8 Å². The molecule has 0 radical (unpaired) electrons. The van der Waals surface area contributed by atoms with Crippen LogP contribution in [0.4, 0.5) is 21.9 Å². The summed E-state index contributed by atoms with van der Waals surface area (Å²) >= 11 is 8.07. The van der Waals surface area contributed by atoms with E-state index in [1.165, 1.54) is 9.80 Å². The summed E-state index contributed by atoms with van der Waals surface area (Å²) < 4.78 is 0. The van der Waals surface area contributed by atoms with E-state index in [0.717, 1.165) is 17.0 Å². The van der Waals surface area contributed by atoms with Crippen molar-refractivity contribution in [1.82, 2.24) is 0 Å². The summed E-state index contributed by atoms with van der Waals surface area (Å²) in [5.41, 5.74) is 1.30. The first kappa shape index (κ1) is 22.2. The Labute approximate surface area is 212 Å². The maximum atomic E-state index is 14.4. The van der Waals surface area contributed by atoms with E-state index in [4.69, 9.17) is 11.6 Å². The van der Waals surface area contributed by atoms with Crippen LogP contribution in [0.15, 0.2) is 78.9 Å². The minimum Gasteiger partial charge on any atom is -0.365 e. The number of urea groups is 1. The molecule has 35 heavy (non-hydrogen) atoms. The molecular weight excluding hydrogens is 482 g/mol. The van der Waals surface area contributed by atoms with Crippen molar-refractivity contribution in [1.29, 1.82) is 0 Å². The first-order valence-electron chi connectivity index (χ1n) is 11.5. The Morgan fingerprint density at radius 3 is 2.03 bits per heavy atom. The number of benzene rings is 3. The standard InChI is InChI=1S/C27H22ClN3O3S/c28-19-12-11-18-16-27(23-17-35-14-13-29(23)22(18)15-19)24(32)30(20-7-3-1-4-8-20)26(34)31(25(27)33)21-9-5-2-6-10-21/h1-12,15,23H,13-14,16-17H2. The van der Waals surface area contributed by atoms with E-state index in [-0.39, 0.29) is 6.42 Å². The zero-order valence-corrected chi connectivity index (χ0v) is 20.3. The van der Waals surface area contributed by atoms with Gasteiger partial charge in [-0.25, -0.2) is 14.6 Å². The molecule has 2 fully saturated rings. The lowest BCUT2D eigenvalue weighted by atomic mass is 9.68. The number of nitrogens with zero attached hydrogens (tertiary/aromatic N) is 3. The highest BCUT2D eigenvalue weighted by atomic mass is 35.5. The fourth-order valence-corrected chi connectivity index (χ4v) is 6.83. The summed E-state index contributed by atoms with van der Waals surface area (Å²) in [6.07, 6.45) is 0.207. The van der Waals surface area contributed by atoms with Crippen molar-refractivity contribution < 1.29 is 14.4 Å². The SMILES string of the molecule is O=C1N(c2ccccc2)C(=O)C2(Cc3ccc(Cl)cc3N3CCSCC32)C(=O)N1c1ccccc1. The van der Waals surface area contributed by atoms with Crippen molar-refractivity contribution in [3.8, 4) is 0 Å². The van der Waals surface area contributed by atoms with Gasteiger partial charge in [-0.05, 0) is 48.4 Å². The second-order valence-corrected chi connectivity index (χ2v) is 10.5. The van der Waals surface area contributed by atoms with Gasteiger partial charge in [0.1, 0.15) is 0 Å². The predicted octanol–water partition coefficient (Wildman–Crippen LogP) is 5.00. The molecule has 3 aromatic carbocycles. The number of thioether (sulfide) groups is 1. The Balaban J connectivity index is 1.59. The lowest BCUT2D eigenvalue weighted by molar-refractivity contribution is -0.142. The van der Waals surface area contributed by atoms with E-state index in [9.17, 15) is 14.4 Å². The number of halogens is 1. The van der Waals surface area contributed by atoms with Crippen LogP contribution in [0, 0.1) is 5.41 Å². The molecule has 0 bridgehead atoms. The van der Waals surface area contributed by atoms with Crippen LogP contribution in [0.25, 0.3) is 0 Å². The van der Waals surface area contributed by atoms with Crippen LogP contribution in [-0.2, 0) is 16.0 Å². The fraction of sp³-hybridized carbons (Fsp3) is 0.222. The molecular formula is C27H22ClN3O3S. The normalized spacial score (nSPS) is 21.2. The molecule has 0 aromatic heterocycles. The summed E-state index contributed by atoms with van der Waals surface area (Å²) in [5.74, 6) is 0.543. The van der Waals surface area contributed by atoms with Crippen molar-refractivity contribution >= 4 is 58.3 Å². The molecule has 3 aliphatic rings. The summed E-state index contributed by atoms with van der Waals surface area (Å²) in [4.78, 5) is 47.2. The molecule has 4 amide bonds. The van der Waals surface area contributed by atoms with Gasteiger partial charge in [0.25, 0.3) is 11.8 Å². The van der Waals surface area contributed by atoms with Crippen LogP contribution >= 0.6 is 23.4 Å². The Hall–Kier alpha value is -3.29. The van der Waals surface area contributed by atoms with Gasteiger partial charge in [-0.3, -0.25) is 9.59 Å². The maximum Gasteiger partial charge on any atom is 0.342 e. The Bertz CT molecular complexity index is 1270. The number of carbonyl (C=O) groups is 3. The number of barbiturate groups is 1. The minimum absolute atomic E-state index is 0.207. The molecule has 1 atom stereocenters. The first-order chi connectivity index (χ1) is 17.0. The van der Waals surface area contributed by atoms with Crippen molar-refractivity contribution in [3.63, 3.8) is 0 Å².